The molecule has 0 aliphatic rings. The van der Waals surface area contributed by atoms with Crippen LogP contribution >= 0.6 is 34.4 Å². The third-order valence-electron chi connectivity index (χ3n) is 3.79. The lowest BCUT2D eigenvalue weighted by atomic mass is 10.2. The molecule has 158 valence electrons. The average Bonchev–Trinajstić information content (AvgIpc) is 3.38. The zero-order chi connectivity index (χ0) is 21.6. The lowest BCUT2D eigenvalue weighted by molar-refractivity contribution is -0.116. The molecule has 0 bridgehead atoms. The van der Waals surface area contributed by atoms with E-state index in [0.717, 1.165) is 10.1 Å². The van der Waals surface area contributed by atoms with Crippen molar-refractivity contribution in [3.8, 4) is 0 Å². The van der Waals surface area contributed by atoms with Gasteiger partial charge in [0.05, 0.1) is 4.90 Å². The van der Waals surface area contributed by atoms with E-state index in [1.807, 2.05) is 17.5 Å². The molecule has 8 nitrogen and oxygen atoms in total. The Hall–Kier alpha value is -2.12. The molecule has 3 rings (SSSR count). The van der Waals surface area contributed by atoms with Gasteiger partial charge in [-0.15, -0.1) is 21.5 Å². The monoisotopic (exact) mass is 482 g/mol. The van der Waals surface area contributed by atoms with Gasteiger partial charge in [-0.2, -0.15) is 0 Å². The van der Waals surface area contributed by atoms with Crippen LogP contribution in [0.25, 0.3) is 0 Å². The number of ketones is 1. The summed E-state index contributed by atoms with van der Waals surface area (Å²) in [5, 5.41) is 13.0. The van der Waals surface area contributed by atoms with Crippen LogP contribution in [0.3, 0.4) is 0 Å². The smallest absolute Gasteiger partial charge is 0.240 e. The van der Waals surface area contributed by atoms with Gasteiger partial charge in [-0.1, -0.05) is 41.3 Å². The second-order valence-corrected chi connectivity index (χ2v) is 11.0. The Morgan fingerprint density at radius 1 is 1.13 bits per heavy atom. The number of hydrogen-bond donors (Lipinski definition) is 2. The van der Waals surface area contributed by atoms with E-state index < -0.39 is 10.0 Å². The van der Waals surface area contributed by atoms with Gasteiger partial charge in [0.1, 0.15) is 0 Å². The molecule has 1 aromatic carbocycles. The van der Waals surface area contributed by atoms with Crippen molar-refractivity contribution in [1.82, 2.24) is 14.9 Å². The van der Waals surface area contributed by atoms with Gasteiger partial charge in [0.2, 0.25) is 21.1 Å². The maximum absolute atomic E-state index is 12.3. The SMILES string of the molecule is CC(=O)c1ccc(S(=O)(=O)NCCC(=O)Nc2nnc(SCc3cccs3)s2)cc1. The quantitative estimate of drug-likeness (QED) is 0.258. The predicted octanol–water partition coefficient (Wildman–Crippen LogP) is 3.40. The summed E-state index contributed by atoms with van der Waals surface area (Å²) in [6, 6.07) is 9.65. The molecule has 0 radical (unpaired) electrons. The van der Waals surface area contributed by atoms with E-state index in [4.69, 9.17) is 0 Å². The summed E-state index contributed by atoms with van der Waals surface area (Å²) >= 11 is 4.47. The van der Waals surface area contributed by atoms with Crippen LogP contribution in [-0.4, -0.2) is 36.9 Å². The number of Topliss-reactive ketones (excluding diaryl/α,β-unsaturated/α-hetero) is 1. The fourth-order valence-electron chi connectivity index (χ4n) is 2.28. The van der Waals surface area contributed by atoms with Gasteiger partial charge in [0, 0.05) is 29.2 Å². The van der Waals surface area contributed by atoms with Gasteiger partial charge in [0.15, 0.2) is 10.1 Å². The molecular weight excluding hydrogens is 464 g/mol. The number of aromatic nitrogens is 2. The largest absolute Gasteiger partial charge is 0.300 e. The van der Waals surface area contributed by atoms with Crippen molar-refractivity contribution in [2.24, 2.45) is 0 Å². The standard InChI is InChI=1S/C18H18N4O4S4/c1-12(23)13-4-6-15(7-5-13)30(25,26)19-9-8-16(24)20-17-21-22-18(29-17)28-11-14-3-2-10-27-14/h2-7,10,19H,8-9,11H2,1H3,(H,20,21,24). The first kappa shape index (κ1) is 22.6. The number of rotatable bonds is 10. The van der Waals surface area contributed by atoms with Gasteiger partial charge < -0.3 is 5.32 Å². The van der Waals surface area contributed by atoms with E-state index in [0.29, 0.717) is 10.7 Å². The molecule has 1 amide bonds. The lowest BCUT2D eigenvalue weighted by Crippen LogP contribution is -2.27. The van der Waals surface area contributed by atoms with E-state index >= 15 is 0 Å². The Balaban J connectivity index is 1.44. The summed E-state index contributed by atoms with van der Waals surface area (Å²) in [6.45, 7) is 1.34. The number of sulfonamides is 1. The van der Waals surface area contributed by atoms with Crippen LogP contribution in [0.4, 0.5) is 5.13 Å². The molecule has 30 heavy (non-hydrogen) atoms. The minimum atomic E-state index is -3.77. The van der Waals surface area contributed by atoms with Gasteiger partial charge in [-0.05, 0) is 30.5 Å². The first-order valence-corrected chi connectivity index (χ1v) is 12.9. The van der Waals surface area contributed by atoms with Crippen molar-refractivity contribution in [2.75, 3.05) is 11.9 Å². The summed E-state index contributed by atoms with van der Waals surface area (Å²) in [5.41, 5.74) is 0.429. The van der Waals surface area contributed by atoms with Crippen molar-refractivity contribution in [1.29, 1.82) is 0 Å². The number of nitrogens with zero attached hydrogens (tertiary/aromatic N) is 2. The van der Waals surface area contributed by atoms with Crippen LogP contribution in [0, 0.1) is 0 Å². The van der Waals surface area contributed by atoms with E-state index in [9.17, 15) is 18.0 Å². The molecule has 0 fully saturated rings. The Bertz CT molecular complexity index is 1110. The number of carbonyl (C=O) groups is 2. The number of nitrogens with one attached hydrogen (secondary N) is 2. The second-order valence-electron chi connectivity index (χ2n) is 6.02. The van der Waals surface area contributed by atoms with Gasteiger partial charge in [0.25, 0.3) is 0 Å². The van der Waals surface area contributed by atoms with E-state index in [2.05, 4.69) is 20.2 Å². The summed E-state index contributed by atoms with van der Waals surface area (Å²) in [5.74, 6) is 0.277. The fourth-order valence-corrected chi connectivity index (χ4v) is 5.85. The Morgan fingerprint density at radius 2 is 1.90 bits per heavy atom. The predicted molar refractivity (Wildman–Crippen MR) is 119 cm³/mol. The molecule has 0 saturated heterocycles. The molecule has 2 aromatic heterocycles. The highest BCUT2D eigenvalue weighted by atomic mass is 32.2. The number of benzene rings is 1. The maximum Gasteiger partial charge on any atom is 0.240 e. The third-order valence-corrected chi connectivity index (χ3v) is 8.34. The zero-order valence-corrected chi connectivity index (χ0v) is 19.1. The summed E-state index contributed by atoms with van der Waals surface area (Å²) < 4.78 is 27.7. The molecule has 0 unspecified atom stereocenters. The number of amides is 1. The molecule has 0 atom stereocenters. The second kappa shape index (κ2) is 10.3. The Kier molecular flexibility index (Phi) is 7.72. The maximum atomic E-state index is 12.3. The van der Waals surface area contributed by atoms with Crippen LogP contribution in [0.1, 0.15) is 28.6 Å². The van der Waals surface area contributed by atoms with Gasteiger partial charge in [-0.3, -0.25) is 9.59 Å². The first-order valence-electron chi connectivity index (χ1n) is 8.73. The molecule has 12 heteroatoms. The van der Waals surface area contributed by atoms with Crippen molar-refractivity contribution in [2.45, 2.75) is 28.3 Å². The van der Waals surface area contributed by atoms with Gasteiger partial charge >= 0.3 is 0 Å². The topological polar surface area (TPSA) is 118 Å². The number of thiophene rings is 1. The fraction of sp³-hybridized carbons (Fsp3) is 0.222. The van der Waals surface area contributed by atoms with Crippen LogP contribution in [-0.2, 0) is 20.6 Å². The first-order chi connectivity index (χ1) is 14.3. The average molecular weight is 483 g/mol. The molecule has 0 saturated carbocycles. The van der Waals surface area contributed by atoms with Crippen LogP contribution < -0.4 is 10.0 Å². The zero-order valence-electron chi connectivity index (χ0n) is 15.8. The minimum Gasteiger partial charge on any atom is -0.300 e. The molecule has 2 heterocycles. The molecule has 0 aliphatic carbocycles. The molecular formula is C18H18N4O4S4. The van der Waals surface area contributed by atoms with Crippen molar-refractivity contribution in [3.63, 3.8) is 0 Å². The van der Waals surface area contributed by atoms with Crippen molar-refractivity contribution in [3.05, 3.63) is 52.2 Å². The molecule has 2 N–H and O–H groups in total. The highest BCUT2D eigenvalue weighted by Crippen LogP contribution is 2.29. The Morgan fingerprint density at radius 3 is 2.57 bits per heavy atom. The highest BCUT2D eigenvalue weighted by Gasteiger charge is 2.15. The number of carbonyl (C=O) groups excluding carboxylic acids is 2. The summed E-state index contributed by atoms with van der Waals surface area (Å²) in [6.07, 6.45) is -0.0536. The number of thioether (sulfide) groups is 1. The van der Waals surface area contributed by atoms with Crippen molar-refractivity contribution < 1.29 is 18.0 Å². The van der Waals surface area contributed by atoms with Crippen LogP contribution in [0.2, 0.25) is 0 Å². The highest BCUT2D eigenvalue weighted by molar-refractivity contribution is 8.00. The summed E-state index contributed by atoms with van der Waals surface area (Å²) in [7, 11) is -3.77. The third kappa shape index (κ3) is 6.44. The minimum absolute atomic E-state index is 0.0319. The molecule has 0 spiro atoms. The van der Waals surface area contributed by atoms with E-state index in [1.165, 1.54) is 59.2 Å². The van der Waals surface area contributed by atoms with E-state index in [1.54, 1.807) is 11.3 Å². The number of hydrogen-bond acceptors (Lipinski definition) is 9. The summed E-state index contributed by atoms with van der Waals surface area (Å²) in [4.78, 5) is 24.6. The van der Waals surface area contributed by atoms with Crippen LogP contribution in [0.15, 0.2) is 51.0 Å². The number of anilines is 1. The molecule has 3 aromatic rings. The Labute approximate surface area is 186 Å². The lowest BCUT2D eigenvalue weighted by Gasteiger charge is -2.07. The van der Waals surface area contributed by atoms with Crippen LogP contribution in [0.5, 0.6) is 0 Å². The molecule has 0 aliphatic heterocycles. The van der Waals surface area contributed by atoms with E-state index in [-0.39, 0.29) is 29.6 Å². The van der Waals surface area contributed by atoms with Gasteiger partial charge in [-0.25, -0.2) is 13.1 Å². The van der Waals surface area contributed by atoms with Crippen molar-refractivity contribution >= 4 is 61.3 Å². The normalized spacial score (nSPS) is 11.4.